The predicted octanol–water partition coefficient (Wildman–Crippen LogP) is 4.24. The van der Waals surface area contributed by atoms with Crippen LogP contribution in [0.5, 0.6) is 0 Å². The number of alkyl halides is 5. The molecule has 2 N–H and O–H groups in total. The summed E-state index contributed by atoms with van der Waals surface area (Å²) in [5.74, 6) is -0.634. The molecule has 5 aromatic rings. The zero-order valence-corrected chi connectivity index (χ0v) is 22.0. The molecule has 0 aliphatic rings. The number of hydrogen-bond donors (Lipinski definition) is 2. The summed E-state index contributed by atoms with van der Waals surface area (Å²) in [7, 11) is 0. The summed E-state index contributed by atoms with van der Waals surface area (Å²) >= 11 is 0. The van der Waals surface area contributed by atoms with E-state index >= 15 is 4.39 Å². The molecule has 0 saturated carbocycles. The van der Waals surface area contributed by atoms with Crippen molar-refractivity contribution in [2.75, 3.05) is 11.9 Å². The maximum Gasteiger partial charge on any atom is 0.423 e. The average molecular weight is 609 g/mol. The molecule has 4 heterocycles. The first-order valence-electron chi connectivity index (χ1n) is 12.8. The average Bonchev–Trinajstić information content (AvgIpc) is 3.37. The standard InChI is InChI=1S/C26H22F6N8O3/c27-17-10-16-18(11-15(17)22-36-20-5-1-2-8-40(20)38-22)33-13-39(24(16)42)7-3-4-14(6-9-43-25(28)29)35-19-12-34-37-23(41)21(19)26(30,31)32/h1-2,5,8,10-14,25H,3-4,6-7,9H2,(H2,35,37,41)/t14-/m1/s1. The molecule has 226 valence electrons. The monoisotopic (exact) mass is 608 g/mol. The number of aromatic nitrogens is 7. The van der Waals surface area contributed by atoms with E-state index in [0.717, 1.165) is 12.3 Å². The van der Waals surface area contributed by atoms with Crippen LogP contribution in [0, 0.1) is 5.82 Å². The van der Waals surface area contributed by atoms with Gasteiger partial charge in [-0.3, -0.25) is 14.2 Å². The third kappa shape index (κ3) is 6.66. The van der Waals surface area contributed by atoms with Gasteiger partial charge < -0.3 is 10.1 Å². The maximum absolute atomic E-state index is 15.1. The van der Waals surface area contributed by atoms with Gasteiger partial charge in [0.1, 0.15) is 11.4 Å². The number of ether oxygens (including phenoxy) is 1. The summed E-state index contributed by atoms with van der Waals surface area (Å²) in [6, 6.07) is 6.72. The highest BCUT2D eigenvalue weighted by Crippen LogP contribution is 2.32. The minimum Gasteiger partial charge on any atom is -0.380 e. The number of nitrogens with one attached hydrogen (secondary N) is 2. The van der Waals surface area contributed by atoms with Gasteiger partial charge in [-0.15, -0.1) is 5.10 Å². The molecule has 4 aromatic heterocycles. The van der Waals surface area contributed by atoms with Crippen molar-refractivity contribution < 1.29 is 31.1 Å². The van der Waals surface area contributed by atoms with Gasteiger partial charge in [0.15, 0.2) is 11.5 Å². The number of rotatable bonds is 11. The van der Waals surface area contributed by atoms with Crippen LogP contribution in [0.2, 0.25) is 0 Å². The Morgan fingerprint density at radius 1 is 1.12 bits per heavy atom. The number of aromatic amines is 1. The Morgan fingerprint density at radius 3 is 2.67 bits per heavy atom. The highest BCUT2D eigenvalue weighted by atomic mass is 19.4. The first-order chi connectivity index (χ1) is 20.5. The Labute approximate surface area is 237 Å². The highest BCUT2D eigenvalue weighted by molar-refractivity contribution is 5.82. The van der Waals surface area contributed by atoms with Gasteiger partial charge in [0.2, 0.25) is 0 Å². The van der Waals surface area contributed by atoms with Crippen LogP contribution in [0.25, 0.3) is 27.9 Å². The topological polar surface area (TPSA) is 132 Å². The lowest BCUT2D eigenvalue weighted by Crippen LogP contribution is -2.29. The molecular weight excluding hydrogens is 586 g/mol. The fourth-order valence-electron chi connectivity index (χ4n) is 4.56. The normalized spacial score (nSPS) is 12.8. The Kier molecular flexibility index (Phi) is 8.43. The predicted molar refractivity (Wildman–Crippen MR) is 141 cm³/mol. The summed E-state index contributed by atoms with van der Waals surface area (Å²) in [5, 5.41) is 11.9. The quantitative estimate of drug-likeness (QED) is 0.213. The first-order valence-corrected chi connectivity index (χ1v) is 12.8. The lowest BCUT2D eigenvalue weighted by Gasteiger charge is -2.22. The fraction of sp³-hybridized carbons (Fsp3) is 0.308. The number of H-pyrrole nitrogens is 1. The summed E-state index contributed by atoms with van der Waals surface area (Å²) in [6.07, 6.45) is -1.24. The molecule has 5 rings (SSSR count). The highest BCUT2D eigenvalue weighted by Gasteiger charge is 2.37. The van der Waals surface area contributed by atoms with Crippen molar-refractivity contribution in [1.82, 2.24) is 34.3 Å². The zero-order valence-electron chi connectivity index (χ0n) is 22.0. The molecule has 0 bridgehead atoms. The number of pyridine rings is 1. The molecule has 11 nitrogen and oxygen atoms in total. The minimum atomic E-state index is -5.01. The van der Waals surface area contributed by atoms with Crippen LogP contribution in [0.15, 0.2) is 58.6 Å². The van der Waals surface area contributed by atoms with Gasteiger partial charge >= 0.3 is 12.8 Å². The lowest BCUT2D eigenvalue weighted by atomic mass is 10.1. The van der Waals surface area contributed by atoms with Crippen LogP contribution in [0.4, 0.5) is 32.0 Å². The van der Waals surface area contributed by atoms with Crippen LogP contribution in [-0.4, -0.2) is 53.6 Å². The van der Waals surface area contributed by atoms with Gasteiger partial charge in [-0.1, -0.05) is 6.07 Å². The maximum atomic E-state index is 15.1. The van der Waals surface area contributed by atoms with Crippen molar-refractivity contribution in [3.63, 3.8) is 0 Å². The number of halogens is 6. The van der Waals surface area contributed by atoms with E-state index in [9.17, 15) is 31.5 Å². The second-order valence-electron chi connectivity index (χ2n) is 9.42. The van der Waals surface area contributed by atoms with Crippen LogP contribution in [0.3, 0.4) is 0 Å². The third-order valence-corrected chi connectivity index (χ3v) is 6.56. The third-order valence-electron chi connectivity index (χ3n) is 6.56. The van der Waals surface area contributed by atoms with Crippen molar-refractivity contribution in [3.05, 3.63) is 81.1 Å². The molecule has 0 unspecified atom stereocenters. The van der Waals surface area contributed by atoms with Gasteiger partial charge in [-0.25, -0.2) is 24.0 Å². The van der Waals surface area contributed by atoms with Crippen LogP contribution < -0.4 is 16.4 Å². The largest absolute Gasteiger partial charge is 0.423 e. The van der Waals surface area contributed by atoms with Gasteiger partial charge in [0.05, 0.1) is 41.3 Å². The van der Waals surface area contributed by atoms with Gasteiger partial charge in [-0.05, 0) is 43.5 Å². The first kappa shape index (κ1) is 29.7. The second-order valence-corrected chi connectivity index (χ2v) is 9.42. The summed E-state index contributed by atoms with van der Waals surface area (Å²) in [4.78, 5) is 33.4. The lowest BCUT2D eigenvalue weighted by molar-refractivity contribution is -0.138. The van der Waals surface area contributed by atoms with E-state index in [0.29, 0.717) is 5.65 Å². The van der Waals surface area contributed by atoms with E-state index in [2.05, 4.69) is 30.2 Å². The number of hydrogen-bond acceptors (Lipinski definition) is 8. The van der Waals surface area contributed by atoms with Crippen molar-refractivity contribution in [3.8, 4) is 11.4 Å². The van der Waals surface area contributed by atoms with Gasteiger partial charge in [0, 0.05) is 18.8 Å². The van der Waals surface area contributed by atoms with E-state index in [1.54, 1.807) is 29.5 Å². The van der Waals surface area contributed by atoms with Crippen LogP contribution >= 0.6 is 0 Å². The summed E-state index contributed by atoms with van der Waals surface area (Å²) in [6.45, 7) is -3.56. The zero-order chi connectivity index (χ0) is 30.7. The van der Waals surface area contributed by atoms with Crippen molar-refractivity contribution >= 4 is 22.2 Å². The molecule has 0 aliphatic carbocycles. The van der Waals surface area contributed by atoms with Crippen molar-refractivity contribution in [2.24, 2.45) is 0 Å². The molecule has 0 saturated heterocycles. The smallest absolute Gasteiger partial charge is 0.380 e. The van der Waals surface area contributed by atoms with Crippen molar-refractivity contribution in [2.45, 2.75) is 44.6 Å². The molecule has 0 amide bonds. The molecular formula is C26H22F6N8O3. The fourth-order valence-corrected chi connectivity index (χ4v) is 4.56. The summed E-state index contributed by atoms with van der Waals surface area (Å²) in [5.41, 5.74) is -3.44. The molecule has 1 aromatic carbocycles. The second kappa shape index (κ2) is 12.2. The Bertz CT molecular complexity index is 1840. The molecule has 17 heteroatoms. The Morgan fingerprint density at radius 2 is 1.93 bits per heavy atom. The molecule has 0 radical (unpaired) electrons. The number of nitrogens with zero attached hydrogens (tertiary/aromatic N) is 6. The molecule has 0 spiro atoms. The Balaban J connectivity index is 1.34. The van der Waals surface area contributed by atoms with Crippen LogP contribution in [-0.2, 0) is 17.5 Å². The van der Waals surface area contributed by atoms with E-state index in [4.69, 9.17) is 0 Å². The molecule has 0 fully saturated rings. The minimum absolute atomic E-state index is 0.0167. The Hall–Kier alpha value is -4.80. The number of benzene rings is 1. The van der Waals surface area contributed by atoms with Crippen molar-refractivity contribution in [1.29, 1.82) is 0 Å². The van der Waals surface area contributed by atoms with E-state index in [1.807, 2.05) is 0 Å². The van der Waals surface area contributed by atoms with Crippen LogP contribution in [0.1, 0.15) is 24.8 Å². The summed E-state index contributed by atoms with van der Waals surface area (Å²) < 4.78 is 87.4. The van der Waals surface area contributed by atoms with Gasteiger partial charge in [-0.2, -0.15) is 27.1 Å². The van der Waals surface area contributed by atoms with E-state index < -0.39 is 53.6 Å². The molecule has 0 aliphatic heterocycles. The number of aryl methyl sites for hydroxylation is 1. The number of anilines is 1. The van der Waals surface area contributed by atoms with E-state index in [1.165, 1.54) is 21.5 Å². The molecule has 43 heavy (non-hydrogen) atoms. The van der Waals surface area contributed by atoms with E-state index in [-0.39, 0.29) is 48.1 Å². The molecule has 1 atom stereocenters. The SMILES string of the molecule is O=c1[nH]ncc(N[C@H](CCCn2cnc3cc(-c4nc5ccccn5n4)c(F)cc3c2=O)CCOC(F)F)c1C(F)(F)F. The number of fused-ring (bicyclic) bond motifs is 2. The van der Waals surface area contributed by atoms with Gasteiger partial charge in [0.25, 0.3) is 11.1 Å².